The Kier molecular flexibility index (Phi) is 3.47. The van der Waals surface area contributed by atoms with Crippen molar-refractivity contribution in [1.82, 2.24) is 4.98 Å². The quantitative estimate of drug-likeness (QED) is 0.899. The van der Waals surface area contributed by atoms with Crippen molar-refractivity contribution in [1.29, 1.82) is 0 Å². The number of sulfonamides is 1. The van der Waals surface area contributed by atoms with Gasteiger partial charge in [-0.05, 0) is 32.3 Å². The van der Waals surface area contributed by atoms with Crippen LogP contribution in [0.3, 0.4) is 0 Å². The molecular formula is C17H18N2O3S2. The molecule has 2 heterocycles. The maximum Gasteiger partial charge on any atom is 0.269 e. The van der Waals surface area contributed by atoms with Gasteiger partial charge in [-0.15, -0.1) is 11.3 Å². The van der Waals surface area contributed by atoms with Crippen molar-refractivity contribution >= 4 is 37.8 Å². The van der Waals surface area contributed by atoms with E-state index < -0.39 is 10.0 Å². The second kappa shape index (κ2) is 5.32. The van der Waals surface area contributed by atoms with Crippen molar-refractivity contribution in [2.24, 2.45) is 0 Å². The molecule has 1 saturated carbocycles. The average molecular weight is 362 g/mol. The number of hydrogen-bond donors (Lipinski definition) is 1. The fraction of sp³-hybridized carbons (Fsp3) is 0.353. The van der Waals surface area contributed by atoms with Gasteiger partial charge in [-0.3, -0.25) is 0 Å². The minimum absolute atomic E-state index is 0.0130. The second-order valence-corrected chi connectivity index (χ2v) is 8.97. The highest BCUT2D eigenvalue weighted by molar-refractivity contribution is 8.02. The van der Waals surface area contributed by atoms with Gasteiger partial charge in [-0.2, -0.15) is 0 Å². The van der Waals surface area contributed by atoms with Gasteiger partial charge in [0.1, 0.15) is 9.78 Å². The summed E-state index contributed by atoms with van der Waals surface area (Å²) in [6, 6.07) is 7.22. The summed E-state index contributed by atoms with van der Waals surface area (Å²) >= 11 is 1.41. The first-order valence-electron chi connectivity index (χ1n) is 7.98. The Hall–Kier alpha value is -1.86. The van der Waals surface area contributed by atoms with Crippen LogP contribution in [-0.4, -0.2) is 25.1 Å². The second-order valence-electron chi connectivity index (χ2n) is 6.14. The van der Waals surface area contributed by atoms with Gasteiger partial charge in [0.05, 0.1) is 5.01 Å². The number of fused-ring (bicyclic) bond motifs is 1. The van der Waals surface area contributed by atoms with Gasteiger partial charge in [0.2, 0.25) is 0 Å². The fourth-order valence-corrected chi connectivity index (χ4v) is 6.10. The normalized spacial score (nSPS) is 19.5. The number of aryl methyl sites for hydroxylation is 1. The molecule has 1 aliphatic heterocycles. The molecule has 0 spiro atoms. The molecule has 0 amide bonds. The molecule has 2 aliphatic rings. The van der Waals surface area contributed by atoms with Crippen LogP contribution in [0.1, 0.15) is 46.7 Å². The van der Waals surface area contributed by atoms with Crippen molar-refractivity contribution in [3.8, 4) is 0 Å². The summed E-state index contributed by atoms with van der Waals surface area (Å²) in [6.07, 6.45) is 2.17. The van der Waals surface area contributed by atoms with Crippen molar-refractivity contribution in [3.05, 3.63) is 45.3 Å². The number of anilines is 1. The standard InChI is InChI=1S/C17H18N2O3S2/c1-3-19-16-14(23-17(18-16)11-8-9-11)13(20)15(24(19,21)22)12-7-5-4-6-10(12)2/h4-7,11,20H,3,8-9H2,1-2H3. The van der Waals surface area contributed by atoms with Crippen LogP contribution in [0, 0.1) is 6.92 Å². The van der Waals surface area contributed by atoms with Crippen LogP contribution < -0.4 is 4.31 Å². The minimum Gasteiger partial charge on any atom is -0.505 e. The lowest BCUT2D eigenvalue weighted by Crippen LogP contribution is -2.35. The zero-order valence-electron chi connectivity index (χ0n) is 13.5. The van der Waals surface area contributed by atoms with Gasteiger partial charge in [0, 0.05) is 18.0 Å². The number of aliphatic hydroxyl groups is 1. The molecule has 0 saturated heterocycles. The largest absolute Gasteiger partial charge is 0.505 e. The van der Waals surface area contributed by atoms with Crippen molar-refractivity contribution < 1.29 is 13.5 Å². The van der Waals surface area contributed by atoms with Gasteiger partial charge < -0.3 is 5.11 Å². The number of rotatable bonds is 3. The predicted molar refractivity (Wildman–Crippen MR) is 96.7 cm³/mol. The molecule has 1 aromatic heterocycles. The van der Waals surface area contributed by atoms with E-state index in [-0.39, 0.29) is 17.2 Å². The first-order valence-corrected chi connectivity index (χ1v) is 10.2. The molecule has 0 radical (unpaired) electrons. The third-order valence-electron chi connectivity index (χ3n) is 4.44. The van der Waals surface area contributed by atoms with E-state index >= 15 is 0 Å². The molecule has 2 aromatic rings. The SMILES string of the molecule is CCN1c2nc(C3CC3)sc2C(O)=C(c2ccccc2C)S1(=O)=O. The lowest BCUT2D eigenvalue weighted by Gasteiger charge is -2.28. The Morgan fingerprint density at radius 1 is 1.33 bits per heavy atom. The number of benzene rings is 1. The molecule has 7 heteroatoms. The van der Waals surface area contributed by atoms with Gasteiger partial charge >= 0.3 is 0 Å². The van der Waals surface area contributed by atoms with Crippen LogP contribution in [0.25, 0.3) is 10.7 Å². The molecule has 1 N–H and O–H groups in total. The molecule has 1 aromatic carbocycles. The van der Waals surface area contributed by atoms with Gasteiger partial charge in [-0.1, -0.05) is 24.3 Å². The van der Waals surface area contributed by atoms with E-state index in [4.69, 9.17) is 0 Å². The average Bonchev–Trinajstić information content (AvgIpc) is 3.29. The molecule has 1 fully saturated rings. The number of aliphatic hydroxyl groups excluding tert-OH is 1. The zero-order chi connectivity index (χ0) is 17.1. The van der Waals surface area contributed by atoms with E-state index in [1.54, 1.807) is 19.1 Å². The van der Waals surface area contributed by atoms with E-state index in [0.29, 0.717) is 22.2 Å². The summed E-state index contributed by atoms with van der Waals surface area (Å²) in [5.41, 5.74) is 1.36. The Labute approximate surface area is 145 Å². The number of thiazole rings is 1. The molecule has 1 aliphatic carbocycles. The monoisotopic (exact) mass is 362 g/mol. The fourth-order valence-electron chi connectivity index (χ4n) is 3.02. The molecular weight excluding hydrogens is 344 g/mol. The third-order valence-corrected chi connectivity index (χ3v) is 7.60. The lowest BCUT2D eigenvalue weighted by atomic mass is 10.1. The first kappa shape index (κ1) is 15.7. The van der Waals surface area contributed by atoms with Crippen LogP contribution in [0.2, 0.25) is 0 Å². The van der Waals surface area contributed by atoms with Gasteiger partial charge in [0.15, 0.2) is 11.6 Å². The highest BCUT2D eigenvalue weighted by atomic mass is 32.2. The van der Waals surface area contributed by atoms with Crippen LogP contribution in [0.5, 0.6) is 0 Å². The molecule has 126 valence electrons. The smallest absolute Gasteiger partial charge is 0.269 e. The van der Waals surface area contributed by atoms with E-state index in [1.165, 1.54) is 15.6 Å². The topological polar surface area (TPSA) is 70.5 Å². The predicted octanol–water partition coefficient (Wildman–Crippen LogP) is 3.88. The molecule has 4 rings (SSSR count). The molecule has 0 unspecified atom stereocenters. The van der Waals surface area contributed by atoms with Crippen molar-refractivity contribution in [3.63, 3.8) is 0 Å². The molecule has 24 heavy (non-hydrogen) atoms. The third kappa shape index (κ3) is 2.18. The summed E-state index contributed by atoms with van der Waals surface area (Å²) in [5, 5.41) is 11.7. The van der Waals surface area contributed by atoms with E-state index in [2.05, 4.69) is 4.98 Å². The number of nitrogens with zero attached hydrogens (tertiary/aromatic N) is 2. The summed E-state index contributed by atoms with van der Waals surface area (Å²) < 4.78 is 27.6. The summed E-state index contributed by atoms with van der Waals surface area (Å²) in [6.45, 7) is 3.92. The van der Waals surface area contributed by atoms with Gasteiger partial charge in [-0.25, -0.2) is 17.7 Å². The van der Waals surface area contributed by atoms with E-state index in [9.17, 15) is 13.5 Å². The van der Waals surface area contributed by atoms with E-state index in [1.807, 2.05) is 19.1 Å². The maximum absolute atomic E-state index is 13.1. The number of aromatic nitrogens is 1. The number of hydrogen-bond acceptors (Lipinski definition) is 5. The Morgan fingerprint density at radius 2 is 2.04 bits per heavy atom. The first-order chi connectivity index (χ1) is 11.4. The van der Waals surface area contributed by atoms with Crippen LogP contribution >= 0.6 is 11.3 Å². The van der Waals surface area contributed by atoms with Gasteiger partial charge in [0.25, 0.3) is 10.0 Å². The minimum atomic E-state index is -3.84. The summed E-state index contributed by atoms with van der Waals surface area (Å²) in [4.78, 5) is 5.08. The van der Waals surface area contributed by atoms with Crippen LogP contribution in [0.15, 0.2) is 24.3 Å². The Morgan fingerprint density at radius 3 is 2.67 bits per heavy atom. The van der Waals surface area contributed by atoms with Crippen molar-refractivity contribution in [2.75, 3.05) is 10.8 Å². The molecule has 0 atom stereocenters. The summed E-state index contributed by atoms with van der Waals surface area (Å²) in [5.74, 6) is 0.615. The highest BCUT2D eigenvalue weighted by Crippen LogP contribution is 2.50. The van der Waals surface area contributed by atoms with Crippen LogP contribution in [0.4, 0.5) is 5.82 Å². The lowest BCUT2D eigenvalue weighted by molar-refractivity contribution is 0.514. The Balaban J connectivity index is 2.01. The van der Waals surface area contributed by atoms with Crippen LogP contribution in [-0.2, 0) is 10.0 Å². The van der Waals surface area contributed by atoms with Crippen molar-refractivity contribution in [2.45, 2.75) is 32.6 Å². The summed E-state index contributed by atoms with van der Waals surface area (Å²) in [7, 11) is -3.84. The molecule has 5 nitrogen and oxygen atoms in total. The molecule has 0 bridgehead atoms. The highest BCUT2D eigenvalue weighted by Gasteiger charge is 2.42. The maximum atomic E-state index is 13.1. The van der Waals surface area contributed by atoms with E-state index in [0.717, 1.165) is 23.4 Å². The zero-order valence-corrected chi connectivity index (χ0v) is 15.1. The Bertz CT molecular complexity index is 956.